The Morgan fingerprint density at radius 2 is 2.00 bits per heavy atom. The first-order chi connectivity index (χ1) is 14.0. The van der Waals surface area contributed by atoms with E-state index in [1.807, 2.05) is 0 Å². The Hall–Kier alpha value is -3.34. The zero-order valence-electron chi connectivity index (χ0n) is 15.7. The van der Waals surface area contributed by atoms with E-state index in [1.165, 1.54) is 4.90 Å². The maximum atomic E-state index is 12.4. The van der Waals surface area contributed by atoms with E-state index in [4.69, 9.17) is 0 Å². The predicted octanol–water partition coefficient (Wildman–Crippen LogP) is 1.41. The molecule has 3 aliphatic rings. The molecule has 0 aliphatic carbocycles. The van der Waals surface area contributed by atoms with E-state index >= 15 is 0 Å². The lowest BCUT2D eigenvalue weighted by molar-refractivity contribution is -0.137. The van der Waals surface area contributed by atoms with E-state index in [-0.39, 0.29) is 18.2 Å². The van der Waals surface area contributed by atoms with Gasteiger partial charge in [-0.25, -0.2) is 4.79 Å². The van der Waals surface area contributed by atoms with Gasteiger partial charge in [0.1, 0.15) is 0 Å². The SMILES string of the molecule is O=C1CCC(C2NC(=O)c3cccc(C#CC4CCCCN4C(=O)O)c32)C(=O)N1. The van der Waals surface area contributed by atoms with Crippen LogP contribution in [0.5, 0.6) is 0 Å². The predicted molar refractivity (Wildman–Crippen MR) is 102 cm³/mol. The zero-order valence-corrected chi connectivity index (χ0v) is 15.7. The van der Waals surface area contributed by atoms with Crippen molar-refractivity contribution < 1.29 is 24.3 Å². The molecule has 29 heavy (non-hydrogen) atoms. The first kappa shape index (κ1) is 19.0. The summed E-state index contributed by atoms with van der Waals surface area (Å²) < 4.78 is 0. The Balaban J connectivity index is 1.68. The van der Waals surface area contributed by atoms with Crippen molar-refractivity contribution in [2.24, 2.45) is 5.92 Å². The summed E-state index contributed by atoms with van der Waals surface area (Å²) in [6, 6.07) is 4.24. The average Bonchev–Trinajstić information content (AvgIpc) is 3.03. The second-order valence-corrected chi connectivity index (χ2v) is 7.53. The maximum absolute atomic E-state index is 12.4. The summed E-state index contributed by atoms with van der Waals surface area (Å²) in [5, 5.41) is 14.6. The molecule has 2 fully saturated rings. The number of nitrogens with one attached hydrogen (secondary N) is 2. The second kappa shape index (κ2) is 7.59. The highest BCUT2D eigenvalue weighted by atomic mass is 16.4. The summed E-state index contributed by atoms with van der Waals surface area (Å²) in [6.07, 6.45) is 1.99. The van der Waals surface area contributed by atoms with Gasteiger partial charge in [0.15, 0.2) is 0 Å². The molecule has 150 valence electrons. The molecule has 0 radical (unpaired) electrons. The third-order valence-electron chi connectivity index (χ3n) is 5.75. The van der Waals surface area contributed by atoms with Gasteiger partial charge in [0.2, 0.25) is 11.8 Å². The molecule has 8 nitrogen and oxygen atoms in total. The van der Waals surface area contributed by atoms with Gasteiger partial charge < -0.3 is 10.4 Å². The van der Waals surface area contributed by atoms with Crippen molar-refractivity contribution in [2.75, 3.05) is 6.54 Å². The molecule has 3 heterocycles. The second-order valence-electron chi connectivity index (χ2n) is 7.53. The molecule has 8 heteroatoms. The number of likely N-dealkylation sites (tertiary alicyclic amines) is 1. The van der Waals surface area contributed by atoms with Crippen molar-refractivity contribution in [3.8, 4) is 11.8 Å². The van der Waals surface area contributed by atoms with Gasteiger partial charge in [0, 0.05) is 29.7 Å². The zero-order chi connectivity index (χ0) is 20.5. The summed E-state index contributed by atoms with van der Waals surface area (Å²) in [4.78, 5) is 49.1. The molecule has 3 N–H and O–H groups in total. The lowest BCUT2D eigenvalue weighted by Gasteiger charge is -2.30. The number of hydrogen-bond acceptors (Lipinski definition) is 4. The van der Waals surface area contributed by atoms with E-state index in [2.05, 4.69) is 22.5 Å². The van der Waals surface area contributed by atoms with E-state index in [9.17, 15) is 24.3 Å². The number of benzene rings is 1. The number of nitrogens with zero attached hydrogens (tertiary/aromatic N) is 1. The minimum Gasteiger partial charge on any atom is -0.465 e. The summed E-state index contributed by atoms with van der Waals surface area (Å²) in [6.45, 7) is 0.459. The smallest absolute Gasteiger partial charge is 0.408 e. The first-order valence-electron chi connectivity index (χ1n) is 9.74. The molecule has 1 aromatic rings. The van der Waals surface area contributed by atoms with Crippen molar-refractivity contribution in [3.63, 3.8) is 0 Å². The van der Waals surface area contributed by atoms with Crippen LogP contribution in [-0.4, -0.2) is 46.4 Å². The highest BCUT2D eigenvalue weighted by Crippen LogP contribution is 2.36. The molecule has 0 bridgehead atoms. The van der Waals surface area contributed by atoms with Crippen molar-refractivity contribution in [3.05, 3.63) is 34.9 Å². The van der Waals surface area contributed by atoms with Crippen LogP contribution in [0.1, 0.15) is 59.6 Å². The van der Waals surface area contributed by atoms with Gasteiger partial charge >= 0.3 is 6.09 Å². The van der Waals surface area contributed by atoms with Gasteiger partial charge in [-0.05, 0) is 37.8 Å². The van der Waals surface area contributed by atoms with Crippen molar-refractivity contribution in [2.45, 2.75) is 44.2 Å². The Labute approximate surface area is 167 Å². The molecule has 2 saturated heterocycles. The third kappa shape index (κ3) is 3.56. The van der Waals surface area contributed by atoms with Crippen LogP contribution in [-0.2, 0) is 9.59 Å². The normalized spacial score (nSPS) is 26.1. The summed E-state index contributed by atoms with van der Waals surface area (Å²) in [5.74, 6) is 4.59. The van der Waals surface area contributed by atoms with Crippen molar-refractivity contribution >= 4 is 23.8 Å². The van der Waals surface area contributed by atoms with Gasteiger partial charge in [-0.1, -0.05) is 17.9 Å². The van der Waals surface area contributed by atoms with E-state index in [0.717, 1.165) is 12.8 Å². The number of fused-ring (bicyclic) bond motifs is 1. The fourth-order valence-electron chi connectivity index (χ4n) is 4.30. The van der Waals surface area contributed by atoms with Crippen LogP contribution >= 0.6 is 0 Å². The van der Waals surface area contributed by atoms with Crippen LogP contribution in [0.15, 0.2) is 18.2 Å². The third-order valence-corrected chi connectivity index (χ3v) is 5.75. The van der Waals surface area contributed by atoms with Gasteiger partial charge in [0.25, 0.3) is 5.91 Å². The Morgan fingerprint density at radius 3 is 2.76 bits per heavy atom. The molecule has 3 atom stereocenters. The molecule has 0 saturated carbocycles. The average molecular weight is 395 g/mol. The molecule has 0 aromatic heterocycles. The molecule has 3 aliphatic heterocycles. The monoisotopic (exact) mass is 395 g/mol. The number of imide groups is 1. The molecular weight excluding hydrogens is 374 g/mol. The molecule has 4 amide bonds. The number of carbonyl (C=O) groups is 4. The maximum Gasteiger partial charge on any atom is 0.408 e. The van der Waals surface area contributed by atoms with Gasteiger partial charge in [-0.3, -0.25) is 24.6 Å². The fourth-order valence-corrected chi connectivity index (χ4v) is 4.30. The lowest BCUT2D eigenvalue weighted by Crippen LogP contribution is -2.45. The van der Waals surface area contributed by atoms with E-state index in [0.29, 0.717) is 36.1 Å². The minimum absolute atomic E-state index is 0.224. The number of carbonyl (C=O) groups excluding carboxylic acids is 3. The first-order valence-corrected chi connectivity index (χ1v) is 9.74. The van der Waals surface area contributed by atoms with E-state index < -0.39 is 30.0 Å². The Morgan fingerprint density at radius 1 is 1.17 bits per heavy atom. The Bertz CT molecular complexity index is 961. The van der Waals surface area contributed by atoms with E-state index in [1.54, 1.807) is 18.2 Å². The van der Waals surface area contributed by atoms with Gasteiger partial charge in [-0.15, -0.1) is 0 Å². The molecule has 3 unspecified atom stereocenters. The number of amides is 4. The summed E-state index contributed by atoms with van der Waals surface area (Å²) >= 11 is 0. The lowest BCUT2D eigenvalue weighted by atomic mass is 9.84. The standard InChI is InChI=1S/C21H21N3O5/c25-16-10-9-15(20(27)22-16)18-17-12(4-3-6-14(17)19(26)23-18)7-8-13-5-1-2-11-24(13)21(28)29/h3-4,6,13,15,18H,1-2,5,9-11H2,(H,23,26)(H,28,29)(H,22,25,27). The van der Waals surface area contributed by atoms with Crippen LogP contribution in [0.4, 0.5) is 4.79 Å². The van der Waals surface area contributed by atoms with Crippen molar-refractivity contribution in [1.29, 1.82) is 0 Å². The molecular formula is C21H21N3O5. The van der Waals surface area contributed by atoms with Crippen LogP contribution in [0.3, 0.4) is 0 Å². The molecule has 0 spiro atoms. The largest absolute Gasteiger partial charge is 0.465 e. The molecule has 1 aromatic carbocycles. The van der Waals surface area contributed by atoms with Crippen molar-refractivity contribution in [1.82, 2.24) is 15.5 Å². The van der Waals surface area contributed by atoms with Crippen LogP contribution < -0.4 is 10.6 Å². The Kier molecular flexibility index (Phi) is 4.97. The number of piperidine rings is 2. The van der Waals surface area contributed by atoms with Gasteiger partial charge in [-0.2, -0.15) is 0 Å². The van der Waals surface area contributed by atoms with Gasteiger partial charge in [0.05, 0.1) is 18.0 Å². The number of carboxylic acid groups (broad SMARTS) is 1. The summed E-state index contributed by atoms with van der Waals surface area (Å²) in [7, 11) is 0. The van der Waals surface area contributed by atoms with Crippen LogP contribution in [0.25, 0.3) is 0 Å². The number of hydrogen-bond donors (Lipinski definition) is 3. The molecule has 4 rings (SSSR count). The highest BCUT2D eigenvalue weighted by molar-refractivity contribution is 6.03. The fraction of sp³-hybridized carbons (Fsp3) is 0.429. The highest BCUT2D eigenvalue weighted by Gasteiger charge is 2.41. The summed E-state index contributed by atoms with van der Waals surface area (Å²) in [5.41, 5.74) is 1.72. The minimum atomic E-state index is -0.986. The topological polar surface area (TPSA) is 116 Å². The quantitative estimate of drug-likeness (QED) is 0.491. The number of rotatable bonds is 1. The van der Waals surface area contributed by atoms with Crippen LogP contribution in [0, 0.1) is 17.8 Å². The van der Waals surface area contributed by atoms with Crippen LogP contribution in [0.2, 0.25) is 0 Å².